The van der Waals surface area contributed by atoms with Gasteiger partial charge in [0, 0.05) is 11.1 Å². The lowest BCUT2D eigenvalue weighted by Gasteiger charge is -2.50. The molecule has 1 aliphatic carbocycles. The van der Waals surface area contributed by atoms with Gasteiger partial charge in [0.2, 0.25) is 0 Å². The normalized spacial score (nSPS) is 24.6. The van der Waals surface area contributed by atoms with Crippen LogP contribution in [0.25, 0.3) is 0 Å². The third kappa shape index (κ3) is 2.49. The van der Waals surface area contributed by atoms with Crippen LogP contribution >= 0.6 is 0 Å². The maximum Gasteiger partial charge on any atom is 0.0314 e. The summed E-state index contributed by atoms with van der Waals surface area (Å²) in [6.45, 7) is 6.62. The molecule has 2 atom stereocenters. The molecular formula is C20H23N. The quantitative estimate of drug-likeness (QED) is 0.634. The van der Waals surface area contributed by atoms with Crippen LogP contribution in [0.2, 0.25) is 0 Å². The Kier molecular flexibility index (Phi) is 3.59. The van der Waals surface area contributed by atoms with E-state index in [1.807, 2.05) is 12.1 Å². The largest absolute Gasteiger partial charge is 0.399 e. The number of nitrogen functional groups attached to an aromatic ring is 1. The molecule has 1 fully saturated rings. The Morgan fingerprint density at radius 1 is 1.10 bits per heavy atom. The second kappa shape index (κ2) is 5.40. The summed E-state index contributed by atoms with van der Waals surface area (Å²) in [6, 6.07) is 19.1. The van der Waals surface area contributed by atoms with Crippen molar-refractivity contribution in [1.29, 1.82) is 0 Å². The SMILES string of the molecule is C=C1C[C@H](CCc2ccccc2)[C@@]1(C)c1ccc(N)cc1. The molecule has 0 amide bonds. The number of hydrogen-bond acceptors (Lipinski definition) is 1. The molecular weight excluding hydrogens is 254 g/mol. The fourth-order valence-electron chi connectivity index (χ4n) is 3.52. The van der Waals surface area contributed by atoms with Gasteiger partial charge in [0.1, 0.15) is 0 Å². The first-order valence-electron chi connectivity index (χ1n) is 7.69. The van der Waals surface area contributed by atoms with Gasteiger partial charge in [0.05, 0.1) is 0 Å². The average molecular weight is 277 g/mol. The molecule has 1 heteroatoms. The van der Waals surface area contributed by atoms with Crippen molar-refractivity contribution < 1.29 is 0 Å². The molecule has 1 saturated carbocycles. The molecule has 2 N–H and O–H groups in total. The predicted octanol–water partition coefficient (Wildman–Crippen LogP) is 4.74. The molecule has 3 rings (SSSR count). The van der Waals surface area contributed by atoms with Crippen LogP contribution in [0.5, 0.6) is 0 Å². The van der Waals surface area contributed by atoms with E-state index in [-0.39, 0.29) is 5.41 Å². The van der Waals surface area contributed by atoms with Crippen molar-refractivity contribution in [2.24, 2.45) is 5.92 Å². The number of hydrogen-bond donors (Lipinski definition) is 1. The number of allylic oxidation sites excluding steroid dienone is 1. The smallest absolute Gasteiger partial charge is 0.0314 e. The number of rotatable bonds is 4. The maximum absolute atomic E-state index is 5.81. The first-order valence-corrected chi connectivity index (χ1v) is 7.69. The summed E-state index contributed by atoms with van der Waals surface area (Å²) in [6.07, 6.45) is 3.50. The second-order valence-electron chi connectivity index (χ2n) is 6.35. The van der Waals surface area contributed by atoms with Gasteiger partial charge in [-0.1, -0.05) is 61.5 Å². The van der Waals surface area contributed by atoms with Crippen LogP contribution in [0.15, 0.2) is 66.7 Å². The number of nitrogens with two attached hydrogens (primary N) is 1. The lowest BCUT2D eigenvalue weighted by molar-refractivity contribution is 0.223. The molecule has 0 aromatic heterocycles. The molecule has 0 spiro atoms. The summed E-state index contributed by atoms with van der Waals surface area (Å²) in [5, 5.41) is 0. The zero-order valence-electron chi connectivity index (χ0n) is 12.7. The van der Waals surface area contributed by atoms with Gasteiger partial charge >= 0.3 is 0 Å². The summed E-state index contributed by atoms with van der Waals surface area (Å²) in [5.41, 5.74) is 10.9. The Labute approximate surface area is 127 Å². The first kappa shape index (κ1) is 13.9. The fourth-order valence-corrected chi connectivity index (χ4v) is 3.52. The Morgan fingerprint density at radius 3 is 2.38 bits per heavy atom. The van der Waals surface area contributed by atoms with Gasteiger partial charge in [-0.15, -0.1) is 0 Å². The van der Waals surface area contributed by atoms with Crippen LogP contribution in [-0.2, 0) is 11.8 Å². The van der Waals surface area contributed by atoms with Crippen molar-refractivity contribution >= 4 is 5.69 Å². The van der Waals surface area contributed by atoms with Crippen molar-refractivity contribution in [3.63, 3.8) is 0 Å². The minimum atomic E-state index is 0.114. The van der Waals surface area contributed by atoms with Crippen LogP contribution in [0.1, 0.15) is 30.9 Å². The van der Waals surface area contributed by atoms with E-state index in [1.165, 1.54) is 23.1 Å². The molecule has 0 bridgehead atoms. The van der Waals surface area contributed by atoms with Gasteiger partial charge in [-0.25, -0.2) is 0 Å². The molecule has 0 saturated heterocycles. The van der Waals surface area contributed by atoms with E-state index in [0.29, 0.717) is 5.92 Å². The van der Waals surface area contributed by atoms with Crippen LogP contribution in [0, 0.1) is 5.92 Å². The predicted molar refractivity (Wildman–Crippen MR) is 90.2 cm³/mol. The molecule has 0 unspecified atom stereocenters. The molecule has 21 heavy (non-hydrogen) atoms. The van der Waals surface area contributed by atoms with E-state index < -0.39 is 0 Å². The highest BCUT2D eigenvalue weighted by molar-refractivity contribution is 5.47. The van der Waals surface area contributed by atoms with Gasteiger partial charge < -0.3 is 5.73 Å². The number of aryl methyl sites for hydroxylation is 1. The third-order valence-electron chi connectivity index (χ3n) is 5.18. The number of anilines is 1. The van der Waals surface area contributed by atoms with E-state index in [0.717, 1.165) is 18.5 Å². The average Bonchev–Trinajstić information content (AvgIpc) is 2.52. The zero-order valence-corrected chi connectivity index (χ0v) is 12.7. The summed E-state index contributed by atoms with van der Waals surface area (Å²) in [7, 11) is 0. The van der Waals surface area contributed by atoms with E-state index in [2.05, 4.69) is 56.0 Å². The molecule has 0 aliphatic heterocycles. The lowest BCUT2D eigenvalue weighted by atomic mass is 9.53. The Hall–Kier alpha value is -2.02. The Bertz CT molecular complexity index is 627. The van der Waals surface area contributed by atoms with Crippen LogP contribution < -0.4 is 5.73 Å². The fraction of sp³-hybridized carbons (Fsp3) is 0.300. The summed E-state index contributed by atoms with van der Waals surface area (Å²) in [5.74, 6) is 0.675. The summed E-state index contributed by atoms with van der Waals surface area (Å²) >= 11 is 0. The molecule has 0 heterocycles. The standard InChI is InChI=1S/C20H23N/c1-15-14-18(9-8-16-6-4-3-5-7-16)20(15,2)17-10-12-19(21)13-11-17/h3-7,10-13,18H,1,8-9,14,21H2,2H3/t18-,20+/m0/s1. The summed E-state index contributed by atoms with van der Waals surface area (Å²) < 4.78 is 0. The molecule has 108 valence electrons. The molecule has 0 radical (unpaired) electrons. The van der Waals surface area contributed by atoms with E-state index in [1.54, 1.807) is 0 Å². The highest BCUT2D eigenvalue weighted by Gasteiger charge is 2.46. The monoisotopic (exact) mass is 277 g/mol. The van der Waals surface area contributed by atoms with E-state index >= 15 is 0 Å². The Balaban J connectivity index is 1.74. The van der Waals surface area contributed by atoms with Gasteiger partial charge in [0.25, 0.3) is 0 Å². The minimum absolute atomic E-state index is 0.114. The minimum Gasteiger partial charge on any atom is -0.399 e. The van der Waals surface area contributed by atoms with E-state index in [9.17, 15) is 0 Å². The van der Waals surface area contributed by atoms with Crippen molar-refractivity contribution in [3.8, 4) is 0 Å². The van der Waals surface area contributed by atoms with Crippen molar-refractivity contribution in [2.45, 2.75) is 31.6 Å². The lowest BCUT2D eigenvalue weighted by Crippen LogP contribution is -2.44. The van der Waals surface area contributed by atoms with Crippen molar-refractivity contribution in [3.05, 3.63) is 77.9 Å². The topological polar surface area (TPSA) is 26.0 Å². The first-order chi connectivity index (χ1) is 10.1. The van der Waals surface area contributed by atoms with Crippen LogP contribution in [0.3, 0.4) is 0 Å². The van der Waals surface area contributed by atoms with Crippen LogP contribution in [-0.4, -0.2) is 0 Å². The van der Waals surface area contributed by atoms with E-state index in [4.69, 9.17) is 5.73 Å². The van der Waals surface area contributed by atoms with Gasteiger partial charge in [-0.2, -0.15) is 0 Å². The maximum atomic E-state index is 5.81. The zero-order chi connectivity index (χ0) is 14.9. The molecule has 1 aliphatic rings. The molecule has 2 aromatic carbocycles. The van der Waals surface area contributed by atoms with Crippen LogP contribution in [0.4, 0.5) is 5.69 Å². The molecule has 1 nitrogen and oxygen atoms in total. The van der Waals surface area contributed by atoms with Crippen molar-refractivity contribution in [2.75, 3.05) is 5.73 Å². The highest BCUT2D eigenvalue weighted by atomic mass is 14.5. The third-order valence-corrected chi connectivity index (χ3v) is 5.18. The second-order valence-corrected chi connectivity index (χ2v) is 6.35. The Morgan fingerprint density at radius 2 is 1.76 bits per heavy atom. The van der Waals surface area contributed by atoms with Gasteiger partial charge in [-0.05, 0) is 48.4 Å². The number of benzene rings is 2. The van der Waals surface area contributed by atoms with Gasteiger partial charge in [-0.3, -0.25) is 0 Å². The highest BCUT2D eigenvalue weighted by Crippen LogP contribution is 2.53. The van der Waals surface area contributed by atoms with Gasteiger partial charge in [0.15, 0.2) is 0 Å². The van der Waals surface area contributed by atoms with Crippen molar-refractivity contribution in [1.82, 2.24) is 0 Å². The summed E-state index contributed by atoms with van der Waals surface area (Å²) in [4.78, 5) is 0. The molecule has 2 aromatic rings.